The van der Waals surface area contributed by atoms with E-state index in [1.54, 1.807) is 37.3 Å². The van der Waals surface area contributed by atoms with Crippen molar-refractivity contribution in [1.82, 2.24) is 14.4 Å². The third-order valence-corrected chi connectivity index (χ3v) is 4.93. The van der Waals surface area contributed by atoms with Gasteiger partial charge in [-0.3, -0.25) is 4.79 Å². The van der Waals surface area contributed by atoms with Gasteiger partial charge in [-0.1, -0.05) is 11.6 Å². The predicted molar refractivity (Wildman–Crippen MR) is 91.6 cm³/mol. The van der Waals surface area contributed by atoms with Gasteiger partial charge in [0.05, 0.1) is 24.7 Å². The number of hydrogen-bond donors (Lipinski definition) is 0. The lowest BCUT2D eigenvalue weighted by Gasteiger charge is -2.38. The standard InChI is InChI=1S/C17H22ClF2N3O3/c1-16(2,3)26-15(25)22-6-5-10-11(7-22)21(4)13(12(10)18)14(24)23-8-17(19,20)9-23/h5-9H2,1-4H3. The predicted octanol–water partition coefficient (Wildman–Crippen LogP) is 3.06. The molecule has 0 saturated carbocycles. The zero-order valence-electron chi connectivity index (χ0n) is 15.2. The Morgan fingerprint density at radius 1 is 1.19 bits per heavy atom. The maximum absolute atomic E-state index is 13.1. The van der Waals surface area contributed by atoms with E-state index in [9.17, 15) is 18.4 Å². The molecule has 144 valence electrons. The van der Waals surface area contributed by atoms with Crippen molar-refractivity contribution in [2.24, 2.45) is 7.05 Å². The van der Waals surface area contributed by atoms with Gasteiger partial charge in [0, 0.05) is 19.3 Å². The Kier molecular flexibility index (Phi) is 4.45. The second kappa shape index (κ2) is 6.11. The van der Waals surface area contributed by atoms with Gasteiger partial charge in [-0.25, -0.2) is 13.6 Å². The van der Waals surface area contributed by atoms with Gasteiger partial charge in [-0.05, 0) is 32.8 Å². The molecule has 1 fully saturated rings. The van der Waals surface area contributed by atoms with Crippen LogP contribution in [0, 0.1) is 0 Å². The summed E-state index contributed by atoms with van der Waals surface area (Å²) in [6.45, 7) is 4.85. The lowest BCUT2D eigenvalue weighted by atomic mass is 10.1. The zero-order valence-corrected chi connectivity index (χ0v) is 16.0. The highest BCUT2D eigenvalue weighted by molar-refractivity contribution is 6.34. The molecule has 0 bridgehead atoms. The van der Waals surface area contributed by atoms with Crippen LogP contribution in [0.1, 0.15) is 42.5 Å². The SMILES string of the molecule is Cn1c2c(c(Cl)c1C(=O)N1CC(F)(F)C1)CCN(C(=O)OC(C)(C)C)C2. The van der Waals surface area contributed by atoms with Crippen molar-refractivity contribution in [3.63, 3.8) is 0 Å². The van der Waals surface area contributed by atoms with E-state index in [0.29, 0.717) is 13.0 Å². The highest BCUT2D eigenvalue weighted by atomic mass is 35.5. The monoisotopic (exact) mass is 389 g/mol. The summed E-state index contributed by atoms with van der Waals surface area (Å²) in [6.07, 6.45) is 0.0424. The van der Waals surface area contributed by atoms with Gasteiger partial charge in [-0.2, -0.15) is 0 Å². The zero-order chi connectivity index (χ0) is 19.4. The van der Waals surface area contributed by atoms with Crippen LogP contribution in [0.2, 0.25) is 5.02 Å². The highest BCUT2D eigenvalue weighted by Crippen LogP contribution is 2.35. The fraction of sp³-hybridized carbons (Fsp3) is 0.647. The summed E-state index contributed by atoms with van der Waals surface area (Å²) in [7, 11) is 1.66. The van der Waals surface area contributed by atoms with Crippen molar-refractivity contribution in [2.75, 3.05) is 19.6 Å². The topological polar surface area (TPSA) is 54.8 Å². The quantitative estimate of drug-likeness (QED) is 0.741. The van der Waals surface area contributed by atoms with E-state index in [2.05, 4.69) is 0 Å². The summed E-state index contributed by atoms with van der Waals surface area (Å²) >= 11 is 6.38. The number of aromatic nitrogens is 1. The van der Waals surface area contributed by atoms with Crippen LogP contribution in [0.5, 0.6) is 0 Å². The van der Waals surface area contributed by atoms with Gasteiger partial charge in [0.2, 0.25) is 0 Å². The Morgan fingerprint density at radius 3 is 2.35 bits per heavy atom. The van der Waals surface area contributed by atoms with Crippen LogP contribution < -0.4 is 0 Å². The number of hydrogen-bond acceptors (Lipinski definition) is 3. The molecule has 2 aliphatic rings. The molecule has 3 heterocycles. The Bertz CT molecular complexity index is 762. The first kappa shape index (κ1) is 18.9. The number of likely N-dealkylation sites (tertiary alicyclic amines) is 1. The molecule has 0 spiro atoms. The van der Waals surface area contributed by atoms with Gasteiger partial charge >= 0.3 is 6.09 Å². The lowest BCUT2D eigenvalue weighted by Crippen LogP contribution is -2.58. The van der Waals surface area contributed by atoms with Crippen molar-refractivity contribution < 1.29 is 23.1 Å². The van der Waals surface area contributed by atoms with Crippen molar-refractivity contribution in [3.05, 3.63) is 22.0 Å². The molecule has 6 nitrogen and oxygen atoms in total. The highest BCUT2D eigenvalue weighted by Gasteiger charge is 2.47. The minimum absolute atomic E-state index is 0.193. The van der Waals surface area contributed by atoms with Crippen LogP contribution in [0.25, 0.3) is 0 Å². The van der Waals surface area contributed by atoms with Crippen molar-refractivity contribution in [2.45, 2.75) is 45.3 Å². The van der Waals surface area contributed by atoms with E-state index in [4.69, 9.17) is 16.3 Å². The first-order chi connectivity index (χ1) is 11.9. The Labute approximate surface area is 155 Å². The lowest BCUT2D eigenvalue weighted by molar-refractivity contribution is -0.113. The molecule has 1 aromatic rings. The molecule has 0 aromatic carbocycles. The minimum atomic E-state index is -2.83. The molecule has 1 saturated heterocycles. The molecule has 26 heavy (non-hydrogen) atoms. The van der Waals surface area contributed by atoms with Gasteiger partial charge in [0.1, 0.15) is 11.3 Å². The van der Waals surface area contributed by atoms with Gasteiger partial charge in [-0.15, -0.1) is 0 Å². The molecule has 3 rings (SSSR count). The molecular weight excluding hydrogens is 368 g/mol. The third kappa shape index (κ3) is 3.39. The number of fused-ring (bicyclic) bond motifs is 1. The fourth-order valence-corrected chi connectivity index (χ4v) is 3.65. The largest absolute Gasteiger partial charge is 0.444 e. The average molecular weight is 390 g/mol. The van der Waals surface area contributed by atoms with Crippen LogP contribution >= 0.6 is 11.6 Å². The first-order valence-electron chi connectivity index (χ1n) is 8.40. The smallest absolute Gasteiger partial charge is 0.410 e. The van der Waals surface area contributed by atoms with Crippen LogP contribution in [0.15, 0.2) is 0 Å². The summed E-state index contributed by atoms with van der Waals surface area (Å²) in [4.78, 5) is 27.5. The number of halogens is 3. The molecule has 0 unspecified atom stereocenters. The molecule has 0 N–H and O–H groups in total. The minimum Gasteiger partial charge on any atom is -0.444 e. The van der Waals surface area contributed by atoms with E-state index in [1.165, 1.54) is 0 Å². The molecule has 0 aliphatic carbocycles. The number of carbonyl (C=O) groups is 2. The van der Waals surface area contributed by atoms with Gasteiger partial charge < -0.3 is 19.1 Å². The maximum Gasteiger partial charge on any atom is 0.410 e. The van der Waals surface area contributed by atoms with Crippen molar-refractivity contribution in [3.8, 4) is 0 Å². The van der Waals surface area contributed by atoms with Crippen LogP contribution in [-0.2, 0) is 24.8 Å². The molecule has 0 atom stereocenters. The van der Waals surface area contributed by atoms with Crippen LogP contribution in [-0.4, -0.2) is 57.5 Å². The number of alkyl halides is 2. The summed E-state index contributed by atoms with van der Waals surface area (Å²) in [5.74, 6) is -3.35. The number of rotatable bonds is 1. The Hall–Kier alpha value is -1.83. The van der Waals surface area contributed by atoms with Gasteiger partial charge in [0.15, 0.2) is 0 Å². The molecule has 2 aliphatic heterocycles. The number of nitrogens with zero attached hydrogens (tertiary/aromatic N) is 3. The van der Waals surface area contributed by atoms with Crippen molar-refractivity contribution >= 4 is 23.6 Å². The van der Waals surface area contributed by atoms with E-state index >= 15 is 0 Å². The summed E-state index contributed by atoms with van der Waals surface area (Å²) in [5, 5.41) is 0.284. The Balaban J connectivity index is 1.82. The second-order valence-electron chi connectivity index (χ2n) is 7.82. The summed E-state index contributed by atoms with van der Waals surface area (Å²) in [5.41, 5.74) is 1.10. The number of ether oxygens (including phenoxy) is 1. The third-order valence-electron chi connectivity index (χ3n) is 4.52. The fourth-order valence-electron chi connectivity index (χ4n) is 3.24. The average Bonchev–Trinajstić information content (AvgIpc) is 2.73. The van der Waals surface area contributed by atoms with E-state index in [0.717, 1.165) is 16.2 Å². The summed E-state index contributed by atoms with van der Waals surface area (Å²) in [6, 6.07) is 0. The van der Waals surface area contributed by atoms with Crippen LogP contribution in [0.4, 0.5) is 13.6 Å². The van der Waals surface area contributed by atoms with E-state index < -0.39 is 36.6 Å². The Morgan fingerprint density at radius 2 is 1.81 bits per heavy atom. The maximum atomic E-state index is 13.1. The van der Waals surface area contributed by atoms with E-state index in [-0.39, 0.29) is 17.3 Å². The first-order valence-corrected chi connectivity index (χ1v) is 8.78. The number of carbonyl (C=O) groups excluding carboxylic acids is 2. The molecule has 9 heteroatoms. The number of amides is 2. The molecule has 0 radical (unpaired) electrons. The molecule has 1 aromatic heterocycles. The summed E-state index contributed by atoms with van der Waals surface area (Å²) < 4.78 is 33.1. The molecular formula is C17H22ClF2N3O3. The van der Waals surface area contributed by atoms with E-state index in [1.807, 2.05) is 0 Å². The van der Waals surface area contributed by atoms with Gasteiger partial charge in [0.25, 0.3) is 11.8 Å². The second-order valence-corrected chi connectivity index (χ2v) is 8.19. The van der Waals surface area contributed by atoms with Crippen molar-refractivity contribution in [1.29, 1.82) is 0 Å². The normalized spacial score (nSPS) is 19.0. The van der Waals surface area contributed by atoms with Crippen LogP contribution in [0.3, 0.4) is 0 Å². The molecule has 2 amide bonds.